The standard InChI is InChI=1S/C15H16.CH3O4P.Li.H/c1-11-9-12(2)15(13(3)10-11)14-7-5-4-6-8-14;2-1-6(3,4)5;;/h4-10H,1-3H3;1H,(H2,3,4,5);;. The van der Waals surface area contributed by atoms with Crippen molar-refractivity contribution in [1.82, 2.24) is 0 Å². The molecular formula is C16H20LiO4P. The molecule has 2 aromatic rings. The fourth-order valence-electron chi connectivity index (χ4n) is 2.24. The Morgan fingerprint density at radius 2 is 1.36 bits per heavy atom. The topological polar surface area (TPSA) is 74.6 Å². The average Bonchev–Trinajstić information content (AvgIpc) is 2.38. The molecule has 0 bridgehead atoms. The molecule has 2 N–H and O–H groups in total. The van der Waals surface area contributed by atoms with E-state index in [1.807, 2.05) is 0 Å². The second-order valence-electron chi connectivity index (χ2n) is 4.83. The van der Waals surface area contributed by atoms with Crippen LogP contribution in [0, 0.1) is 20.8 Å². The number of hydrogen-bond acceptors (Lipinski definition) is 2. The molecule has 0 fully saturated rings. The van der Waals surface area contributed by atoms with E-state index in [4.69, 9.17) is 14.6 Å². The van der Waals surface area contributed by atoms with E-state index >= 15 is 0 Å². The molecule has 2 rings (SSSR count). The molecule has 0 amide bonds. The summed E-state index contributed by atoms with van der Waals surface area (Å²) in [5.74, 6) is 0. The Bertz CT molecular complexity index is 642. The molecule has 4 nitrogen and oxygen atoms in total. The Balaban J connectivity index is 0.000000546. The van der Waals surface area contributed by atoms with Gasteiger partial charge in [0.05, 0.1) is 0 Å². The van der Waals surface area contributed by atoms with Crippen LogP contribution in [0.15, 0.2) is 42.5 Å². The van der Waals surface area contributed by atoms with Gasteiger partial charge in [0.15, 0.2) is 0 Å². The maximum atomic E-state index is 9.33. The van der Waals surface area contributed by atoms with Crippen LogP contribution in [0.4, 0.5) is 0 Å². The molecule has 0 aliphatic rings. The normalized spacial score (nSPS) is 10.0. The van der Waals surface area contributed by atoms with Crippen LogP contribution in [-0.2, 0) is 9.36 Å². The zero-order chi connectivity index (χ0) is 16.0. The Morgan fingerprint density at radius 3 is 1.73 bits per heavy atom. The first-order chi connectivity index (χ1) is 9.74. The summed E-state index contributed by atoms with van der Waals surface area (Å²) in [6.45, 7) is 6.51. The molecule has 0 unspecified atom stereocenters. The fraction of sp³-hybridized carbons (Fsp3) is 0.188. The van der Waals surface area contributed by atoms with Crippen molar-refractivity contribution in [2.45, 2.75) is 20.8 Å². The Morgan fingerprint density at radius 1 is 0.955 bits per heavy atom. The molecule has 0 saturated carbocycles. The Hall–Kier alpha value is -1.14. The molecule has 0 heterocycles. The van der Waals surface area contributed by atoms with E-state index in [-0.39, 0.29) is 18.9 Å². The molecule has 22 heavy (non-hydrogen) atoms. The Kier molecular flexibility index (Phi) is 8.63. The first kappa shape index (κ1) is 20.9. The van der Waals surface area contributed by atoms with E-state index in [0.717, 1.165) is 0 Å². The maximum absolute atomic E-state index is 9.33. The molecule has 0 aliphatic heterocycles. The Labute approximate surface area is 142 Å². The van der Waals surface area contributed by atoms with Gasteiger partial charge in [0.2, 0.25) is 6.03 Å². The first-order valence-electron chi connectivity index (χ1n) is 6.39. The van der Waals surface area contributed by atoms with E-state index in [0.29, 0.717) is 0 Å². The number of hydrogen-bond donors (Lipinski definition) is 2. The summed E-state index contributed by atoms with van der Waals surface area (Å²) in [5.41, 5.74) is 6.75. The zero-order valence-corrected chi connectivity index (χ0v) is 13.2. The summed E-state index contributed by atoms with van der Waals surface area (Å²) in [6, 6.07) is 14.7. The predicted octanol–water partition coefficient (Wildman–Crippen LogP) is 2.98. The summed E-state index contributed by atoms with van der Waals surface area (Å²) < 4.78 is 9.33. The molecule has 0 spiro atoms. The van der Waals surface area contributed by atoms with Crippen LogP contribution in [0.5, 0.6) is 0 Å². The van der Waals surface area contributed by atoms with Gasteiger partial charge in [-0.3, -0.25) is 9.36 Å². The van der Waals surface area contributed by atoms with Gasteiger partial charge in [0, 0.05) is 0 Å². The molecule has 6 heteroatoms. The van der Waals surface area contributed by atoms with Crippen LogP contribution < -0.4 is 0 Å². The predicted molar refractivity (Wildman–Crippen MR) is 92.0 cm³/mol. The van der Waals surface area contributed by atoms with E-state index in [1.165, 1.54) is 27.8 Å². The van der Waals surface area contributed by atoms with Crippen molar-refractivity contribution in [1.29, 1.82) is 0 Å². The summed E-state index contributed by atoms with van der Waals surface area (Å²) in [5, 5.41) is 0. The third kappa shape index (κ3) is 6.75. The first-order valence-corrected chi connectivity index (χ1v) is 8.07. The van der Waals surface area contributed by atoms with Crippen molar-refractivity contribution < 1.29 is 19.1 Å². The summed E-state index contributed by atoms with van der Waals surface area (Å²) in [7, 11) is -4.33. The average molecular weight is 314 g/mol. The van der Waals surface area contributed by atoms with E-state index < -0.39 is 13.6 Å². The zero-order valence-electron chi connectivity index (χ0n) is 12.3. The van der Waals surface area contributed by atoms with Crippen molar-refractivity contribution >= 4 is 32.5 Å². The van der Waals surface area contributed by atoms with Gasteiger partial charge in [-0.15, -0.1) is 0 Å². The van der Waals surface area contributed by atoms with Crippen LogP contribution in [0.25, 0.3) is 11.1 Å². The minimum atomic E-state index is -4.33. The van der Waals surface area contributed by atoms with Gasteiger partial charge in [-0.05, 0) is 43.0 Å². The molecule has 0 radical (unpaired) electrons. The van der Waals surface area contributed by atoms with Crippen molar-refractivity contribution in [2.24, 2.45) is 0 Å². The third-order valence-corrected chi connectivity index (χ3v) is 3.15. The molecule has 0 atom stereocenters. The van der Waals surface area contributed by atoms with Gasteiger partial charge in [-0.2, -0.15) is 0 Å². The summed E-state index contributed by atoms with van der Waals surface area (Å²) in [6.07, 6.45) is 0. The van der Waals surface area contributed by atoms with Crippen LogP contribution >= 0.6 is 7.60 Å². The van der Waals surface area contributed by atoms with Gasteiger partial charge in [0.25, 0.3) is 0 Å². The van der Waals surface area contributed by atoms with E-state index in [2.05, 4.69) is 63.2 Å². The number of carbonyl (C=O) groups is 1. The van der Waals surface area contributed by atoms with Crippen LogP contribution in [-0.4, -0.2) is 34.7 Å². The molecule has 0 aliphatic carbocycles. The van der Waals surface area contributed by atoms with Crippen LogP contribution in [0.2, 0.25) is 0 Å². The number of rotatable bonds is 2. The van der Waals surface area contributed by atoms with Gasteiger partial charge < -0.3 is 9.79 Å². The second-order valence-corrected chi connectivity index (χ2v) is 6.22. The quantitative estimate of drug-likeness (QED) is 0.508. The molecule has 0 aromatic heterocycles. The van der Waals surface area contributed by atoms with Crippen molar-refractivity contribution in [3.8, 4) is 11.1 Å². The molecule has 0 saturated heterocycles. The molecule has 114 valence electrons. The number of aryl methyl sites for hydroxylation is 3. The molecular weight excluding hydrogens is 294 g/mol. The number of benzene rings is 2. The monoisotopic (exact) mass is 314 g/mol. The molecule has 2 aromatic carbocycles. The fourth-order valence-corrected chi connectivity index (χ4v) is 2.24. The SMILES string of the molecule is Cc1cc(C)c(-c2ccccc2)c(C)c1.O=CP(=O)(O)O.[LiH]. The van der Waals surface area contributed by atoms with Gasteiger partial charge in [0.1, 0.15) is 0 Å². The van der Waals surface area contributed by atoms with Crippen molar-refractivity contribution in [2.75, 3.05) is 0 Å². The minimum absolute atomic E-state index is 0. The van der Waals surface area contributed by atoms with E-state index in [9.17, 15) is 4.57 Å². The van der Waals surface area contributed by atoms with Crippen molar-refractivity contribution in [3.05, 3.63) is 59.2 Å². The third-order valence-electron chi connectivity index (χ3n) is 2.88. The van der Waals surface area contributed by atoms with Gasteiger partial charge in [-0.25, -0.2) is 0 Å². The number of carbonyl (C=O) groups excluding carboxylic acids is 1. The van der Waals surface area contributed by atoms with Crippen LogP contribution in [0.3, 0.4) is 0 Å². The van der Waals surface area contributed by atoms with Crippen LogP contribution in [0.1, 0.15) is 16.7 Å². The van der Waals surface area contributed by atoms with Crippen molar-refractivity contribution in [3.63, 3.8) is 0 Å². The van der Waals surface area contributed by atoms with Gasteiger partial charge in [-0.1, -0.05) is 48.0 Å². The second kappa shape index (κ2) is 9.10. The van der Waals surface area contributed by atoms with E-state index in [1.54, 1.807) is 0 Å². The summed E-state index contributed by atoms with van der Waals surface area (Å²) in [4.78, 5) is 24.2. The van der Waals surface area contributed by atoms with Gasteiger partial charge >= 0.3 is 26.5 Å². The summed E-state index contributed by atoms with van der Waals surface area (Å²) >= 11 is 0.